The number of carbonyl (C=O) groups is 1. The smallest absolute Gasteiger partial charge is 0.261 e. The number of aliphatic hydroxyl groups excluding tert-OH is 1. The predicted octanol–water partition coefficient (Wildman–Crippen LogP) is 2.75. The fourth-order valence-electron chi connectivity index (χ4n) is 1.90. The molecule has 0 saturated carbocycles. The Labute approximate surface area is 121 Å². The van der Waals surface area contributed by atoms with Crippen LogP contribution in [0.2, 0.25) is 0 Å². The third kappa shape index (κ3) is 3.72. The van der Waals surface area contributed by atoms with Crippen molar-refractivity contribution in [2.24, 2.45) is 0 Å². The molecule has 19 heavy (non-hydrogen) atoms. The molecule has 0 aliphatic rings. The Bertz CT molecular complexity index is 514. The second-order valence-electron chi connectivity index (χ2n) is 4.29. The van der Waals surface area contributed by atoms with Crippen molar-refractivity contribution in [2.75, 3.05) is 18.6 Å². The lowest BCUT2D eigenvalue weighted by molar-refractivity contribution is 0.0939. The van der Waals surface area contributed by atoms with Crippen LogP contribution in [0.25, 0.3) is 10.1 Å². The molecule has 0 saturated heterocycles. The molecule has 1 aromatic heterocycles. The molecule has 1 amide bonds. The number of rotatable bonds is 6. The van der Waals surface area contributed by atoms with Crippen molar-refractivity contribution < 1.29 is 9.90 Å². The molecule has 0 aliphatic heterocycles. The highest BCUT2D eigenvalue weighted by Crippen LogP contribution is 2.25. The van der Waals surface area contributed by atoms with Gasteiger partial charge >= 0.3 is 0 Å². The summed E-state index contributed by atoms with van der Waals surface area (Å²) in [6, 6.07) is 9.92. The van der Waals surface area contributed by atoms with Gasteiger partial charge in [0.15, 0.2) is 0 Å². The molecule has 2 N–H and O–H groups in total. The third-order valence-corrected chi connectivity index (χ3v) is 4.68. The van der Waals surface area contributed by atoms with Crippen LogP contribution in [0.5, 0.6) is 0 Å². The molecular formula is C14H17NO2S2. The lowest BCUT2D eigenvalue weighted by atomic mass is 10.2. The molecule has 5 heteroatoms. The summed E-state index contributed by atoms with van der Waals surface area (Å²) in [5.74, 6) is 0.769. The predicted molar refractivity (Wildman–Crippen MR) is 83.2 cm³/mol. The first-order valence-corrected chi connectivity index (χ1v) is 8.35. The molecule has 0 spiro atoms. The lowest BCUT2D eigenvalue weighted by Gasteiger charge is -2.15. The van der Waals surface area contributed by atoms with E-state index < -0.39 is 0 Å². The zero-order valence-corrected chi connectivity index (χ0v) is 12.4. The van der Waals surface area contributed by atoms with Gasteiger partial charge in [0.25, 0.3) is 5.91 Å². The average molecular weight is 295 g/mol. The number of aliphatic hydroxyl groups is 1. The number of nitrogens with one attached hydrogen (secondary N) is 1. The van der Waals surface area contributed by atoms with Gasteiger partial charge in [-0.15, -0.1) is 11.3 Å². The number of amides is 1. The zero-order chi connectivity index (χ0) is 13.7. The minimum Gasteiger partial charge on any atom is -0.396 e. The monoisotopic (exact) mass is 295 g/mol. The average Bonchev–Trinajstić information content (AvgIpc) is 2.83. The van der Waals surface area contributed by atoms with Crippen LogP contribution >= 0.6 is 23.1 Å². The van der Waals surface area contributed by atoms with Gasteiger partial charge in [0.1, 0.15) is 0 Å². The fraction of sp³-hybridized carbons (Fsp3) is 0.357. The number of hydrogen-bond acceptors (Lipinski definition) is 4. The summed E-state index contributed by atoms with van der Waals surface area (Å²) >= 11 is 3.17. The van der Waals surface area contributed by atoms with E-state index in [1.807, 2.05) is 36.6 Å². The Morgan fingerprint density at radius 3 is 2.95 bits per heavy atom. The minimum absolute atomic E-state index is 0.0257. The van der Waals surface area contributed by atoms with Gasteiger partial charge in [0.05, 0.1) is 4.88 Å². The van der Waals surface area contributed by atoms with Crippen molar-refractivity contribution in [1.82, 2.24) is 5.32 Å². The van der Waals surface area contributed by atoms with Crippen molar-refractivity contribution >= 4 is 39.1 Å². The van der Waals surface area contributed by atoms with E-state index in [9.17, 15) is 4.79 Å². The van der Waals surface area contributed by atoms with Gasteiger partial charge in [-0.05, 0) is 30.2 Å². The quantitative estimate of drug-likeness (QED) is 0.861. The molecule has 2 aromatic rings. The fourth-order valence-corrected chi connectivity index (χ4v) is 3.52. The molecule has 3 nitrogen and oxygen atoms in total. The van der Waals surface area contributed by atoms with Gasteiger partial charge in [-0.1, -0.05) is 18.2 Å². The van der Waals surface area contributed by atoms with E-state index in [0.29, 0.717) is 6.42 Å². The largest absolute Gasteiger partial charge is 0.396 e. The first-order valence-electron chi connectivity index (χ1n) is 6.14. The number of fused-ring (bicyclic) bond motifs is 1. The summed E-state index contributed by atoms with van der Waals surface area (Å²) in [6.45, 7) is 0.0952. The zero-order valence-electron chi connectivity index (χ0n) is 10.8. The van der Waals surface area contributed by atoms with Crippen molar-refractivity contribution in [2.45, 2.75) is 12.5 Å². The maximum absolute atomic E-state index is 12.2. The van der Waals surface area contributed by atoms with Crippen LogP contribution in [-0.4, -0.2) is 35.7 Å². The molecule has 1 aromatic carbocycles. The highest BCUT2D eigenvalue weighted by molar-refractivity contribution is 7.98. The first kappa shape index (κ1) is 14.4. The molecule has 0 bridgehead atoms. The molecule has 2 rings (SSSR count). The van der Waals surface area contributed by atoms with E-state index in [2.05, 4.69) is 5.32 Å². The molecule has 1 heterocycles. The van der Waals surface area contributed by atoms with Gasteiger partial charge in [-0.25, -0.2) is 0 Å². The summed E-state index contributed by atoms with van der Waals surface area (Å²) in [7, 11) is 0. The number of thiophene rings is 1. The third-order valence-electron chi connectivity index (χ3n) is 2.83. The standard InChI is InChI=1S/C14H17NO2S2/c1-18-9-11(6-7-16)15-14(17)13-8-10-4-2-3-5-12(10)19-13/h2-5,8,11,16H,6-7,9H2,1H3,(H,15,17). The molecule has 1 atom stereocenters. The maximum atomic E-state index is 12.2. The minimum atomic E-state index is -0.0475. The number of hydrogen-bond donors (Lipinski definition) is 2. The van der Waals surface area contributed by atoms with Gasteiger partial charge in [-0.3, -0.25) is 4.79 Å². The summed E-state index contributed by atoms with van der Waals surface area (Å²) in [6.07, 6.45) is 2.59. The summed E-state index contributed by atoms with van der Waals surface area (Å²) < 4.78 is 1.12. The Balaban J connectivity index is 2.09. The topological polar surface area (TPSA) is 49.3 Å². The van der Waals surface area contributed by atoms with E-state index in [1.54, 1.807) is 11.8 Å². The SMILES string of the molecule is CSCC(CCO)NC(=O)c1cc2ccccc2s1. The maximum Gasteiger partial charge on any atom is 0.261 e. The number of carbonyl (C=O) groups excluding carboxylic acids is 1. The highest BCUT2D eigenvalue weighted by atomic mass is 32.2. The molecular weight excluding hydrogens is 278 g/mol. The van der Waals surface area contributed by atoms with Crippen LogP contribution in [0.3, 0.4) is 0 Å². The van der Waals surface area contributed by atoms with Crippen LogP contribution in [0.4, 0.5) is 0 Å². The lowest BCUT2D eigenvalue weighted by Crippen LogP contribution is -2.36. The Morgan fingerprint density at radius 1 is 1.47 bits per heavy atom. The highest BCUT2D eigenvalue weighted by Gasteiger charge is 2.15. The van der Waals surface area contributed by atoms with E-state index in [0.717, 1.165) is 20.7 Å². The van der Waals surface area contributed by atoms with Crippen molar-refractivity contribution in [3.63, 3.8) is 0 Å². The molecule has 0 aliphatic carbocycles. The van der Waals surface area contributed by atoms with Crippen LogP contribution < -0.4 is 5.32 Å². The van der Waals surface area contributed by atoms with Gasteiger partial charge in [-0.2, -0.15) is 11.8 Å². The summed E-state index contributed by atoms with van der Waals surface area (Å²) in [4.78, 5) is 12.9. The van der Waals surface area contributed by atoms with E-state index in [4.69, 9.17) is 5.11 Å². The van der Waals surface area contributed by atoms with Crippen molar-refractivity contribution in [3.8, 4) is 0 Å². The van der Waals surface area contributed by atoms with Crippen LogP contribution in [-0.2, 0) is 0 Å². The Morgan fingerprint density at radius 2 is 2.26 bits per heavy atom. The van der Waals surface area contributed by atoms with E-state index in [-0.39, 0.29) is 18.6 Å². The molecule has 102 valence electrons. The van der Waals surface area contributed by atoms with Crippen LogP contribution in [0.15, 0.2) is 30.3 Å². The van der Waals surface area contributed by atoms with Crippen molar-refractivity contribution in [3.05, 3.63) is 35.2 Å². The number of thioether (sulfide) groups is 1. The number of benzene rings is 1. The van der Waals surface area contributed by atoms with E-state index >= 15 is 0 Å². The molecule has 0 fully saturated rings. The normalized spacial score (nSPS) is 12.5. The summed E-state index contributed by atoms with van der Waals surface area (Å²) in [5, 5.41) is 13.1. The molecule has 1 unspecified atom stereocenters. The van der Waals surface area contributed by atoms with Crippen LogP contribution in [0, 0.1) is 0 Å². The van der Waals surface area contributed by atoms with E-state index in [1.165, 1.54) is 11.3 Å². The first-order chi connectivity index (χ1) is 9.24. The van der Waals surface area contributed by atoms with Gasteiger partial charge in [0, 0.05) is 23.1 Å². The van der Waals surface area contributed by atoms with Gasteiger partial charge in [0.2, 0.25) is 0 Å². The van der Waals surface area contributed by atoms with Gasteiger partial charge < -0.3 is 10.4 Å². The summed E-state index contributed by atoms with van der Waals surface area (Å²) in [5.41, 5.74) is 0. The second kappa shape index (κ2) is 6.93. The van der Waals surface area contributed by atoms with Crippen LogP contribution in [0.1, 0.15) is 16.1 Å². The second-order valence-corrected chi connectivity index (χ2v) is 6.28. The Kier molecular flexibility index (Phi) is 5.24. The Hall–Kier alpha value is -1.04. The molecule has 0 radical (unpaired) electrons. The van der Waals surface area contributed by atoms with Crippen molar-refractivity contribution in [1.29, 1.82) is 0 Å².